The van der Waals surface area contributed by atoms with E-state index in [2.05, 4.69) is 31.9 Å². The summed E-state index contributed by atoms with van der Waals surface area (Å²) in [5, 5.41) is 0. The van der Waals surface area contributed by atoms with Crippen molar-refractivity contribution < 1.29 is 14.1 Å². The Morgan fingerprint density at radius 2 is 2.05 bits per heavy atom. The first-order chi connectivity index (χ1) is 10.1. The number of halogens is 2. The lowest BCUT2D eigenvalue weighted by atomic mass is 10.2. The molecule has 5 nitrogen and oxygen atoms in total. The van der Waals surface area contributed by atoms with Crippen LogP contribution < -0.4 is 0 Å². The molecule has 1 saturated heterocycles. The molecule has 1 heterocycles. The highest BCUT2D eigenvalue weighted by Gasteiger charge is 2.36. The van der Waals surface area contributed by atoms with Crippen molar-refractivity contribution in [2.24, 2.45) is 0 Å². The second-order valence-corrected chi connectivity index (χ2v) is 10.4. The van der Waals surface area contributed by atoms with E-state index in [0.29, 0.717) is 25.4 Å². The van der Waals surface area contributed by atoms with Crippen LogP contribution in [0.4, 0.5) is 4.79 Å². The molecule has 0 aromatic heterocycles. The molecule has 1 fully saturated rings. The van der Waals surface area contributed by atoms with E-state index in [1.165, 1.54) is 0 Å². The van der Waals surface area contributed by atoms with Gasteiger partial charge in [-0.15, -0.1) is 4.31 Å². The molecular formula is C14H24Br2N2O3S. The summed E-state index contributed by atoms with van der Waals surface area (Å²) in [6.07, 6.45) is 2.46. The molecule has 0 N–H and O–H groups in total. The molecule has 8 heteroatoms. The lowest BCUT2D eigenvalue weighted by molar-refractivity contribution is 0.0159. The van der Waals surface area contributed by atoms with Crippen LogP contribution in [0.5, 0.6) is 0 Å². The second kappa shape index (κ2) is 8.92. The molecule has 22 heavy (non-hydrogen) atoms. The molecule has 0 bridgehead atoms. The van der Waals surface area contributed by atoms with Crippen molar-refractivity contribution in [2.75, 3.05) is 25.4 Å². The number of carbonyl (C=O) groups is 1. The predicted molar refractivity (Wildman–Crippen MR) is 97.5 cm³/mol. The van der Waals surface area contributed by atoms with Gasteiger partial charge in [0.25, 0.3) is 0 Å². The smallest absolute Gasteiger partial charge is 0.410 e. The standard InChI is InChI=1S/C14H24Br2N2O3S/c1-5-8-22(20)18-7-6-17(10-11(18)9-12(15)16)13(19)21-14(2,3)4/h9,11H,5-8,10H2,1-4H3/t11-,22?/m0/s1. The number of nitrogens with zero attached hydrogens (tertiary/aromatic N) is 2. The maximum absolute atomic E-state index is 12.3. The average molecular weight is 460 g/mol. The van der Waals surface area contributed by atoms with Crippen molar-refractivity contribution in [1.82, 2.24) is 9.21 Å². The van der Waals surface area contributed by atoms with Crippen LogP contribution in [0.1, 0.15) is 34.1 Å². The van der Waals surface area contributed by atoms with Crippen molar-refractivity contribution >= 4 is 49.3 Å². The van der Waals surface area contributed by atoms with Gasteiger partial charge in [-0.1, -0.05) is 6.92 Å². The minimum absolute atomic E-state index is 0.109. The van der Waals surface area contributed by atoms with Gasteiger partial charge in [-0.05, 0) is 65.1 Å². The zero-order valence-electron chi connectivity index (χ0n) is 13.5. The van der Waals surface area contributed by atoms with Crippen LogP contribution in [-0.4, -0.2) is 56.9 Å². The molecule has 1 unspecified atom stereocenters. The summed E-state index contributed by atoms with van der Waals surface area (Å²) in [5.74, 6) is 0.636. The van der Waals surface area contributed by atoms with E-state index in [9.17, 15) is 9.35 Å². The molecule has 128 valence electrons. The van der Waals surface area contributed by atoms with E-state index < -0.39 is 17.0 Å². The van der Waals surface area contributed by atoms with Gasteiger partial charge in [0.1, 0.15) is 11.4 Å². The highest BCUT2D eigenvalue weighted by Crippen LogP contribution is 2.23. The van der Waals surface area contributed by atoms with Gasteiger partial charge in [-0.2, -0.15) is 0 Å². The number of piperazine rings is 1. The number of hydrogen-bond donors (Lipinski definition) is 0. The zero-order valence-corrected chi connectivity index (χ0v) is 17.5. The predicted octanol–water partition coefficient (Wildman–Crippen LogP) is 3.61. The minimum atomic E-state index is -1.03. The van der Waals surface area contributed by atoms with Crippen molar-refractivity contribution in [3.8, 4) is 0 Å². The Morgan fingerprint density at radius 1 is 1.41 bits per heavy atom. The first-order valence-corrected chi connectivity index (χ1v) is 10.2. The van der Waals surface area contributed by atoms with Crippen LogP contribution in [-0.2, 0) is 16.1 Å². The Bertz CT molecular complexity index is 411. The molecule has 2 atom stereocenters. The Morgan fingerprint density at radius 3 is 2.55 bits per heavy atom. The van der Waals surface area contributed by atoms with Gasteiger partial charge in [-0.25, -0.2) is 4.79 Å². The van der Waals surface area contributed by atoms with E-state index in [4.69, 9.17) is 4.74 Å². The van der Waals surface area contributed by atoms with E-state index in [1.54, 1.807) is 4.90 Å². The van der Waals surface area contributed by atoms with Crippen molar-refractivity contribution in [3.63, 3.8) is 0 Å². The number of rotatable bonds is 4. The molecule has 0 aromatic carbocycles. The molecule has 0 aliphatic carbocycles. The first-order valence-electron chi connectivity index (χ1n) is 7.30. The third-order valence-electron chi connectivity index (χ3n) is 2.98. The molecule has 1 aliphatic rings. The van der Waals surface area contributed by atoms with Gasteiger partial charge < -0.3 is 14.2 Å². The molecule has 0 saturated carbocycles. The third-order valence-corrected chi connectivity index (χ3v) is 5.24. The minimum Gasteiger partial charge on any atom is -0.598 e. The summed E-state index contributed by atoms with van der Waals surface area (Å²) in [7, 11) is 0. The molecular weight excluding hydrogens is 436 g/mol. The van der Waals surface area contributed by atoms with Crippen LogP contribution in [0.2, 0.25) is 0 Å². The van der Waals surface area contributed by atoms with Crippen LogP contribution in [0.3, 0.4) is 0 Å². The third kappa shape index (κ3) is 6.78. The lowest BCUT2D eigenvalue weighted by Crippen LogP contribution is -2.56. The lowest BCUT2D eigenvalue weighted by Gasteiger charge is -2.39. The average Bonchev–Trinajstić information content (AvgIpc) is 2.36. The number of carbonyl (C=O) groups excluding carboxylic acids is 1. The zero-order chi connectivity index (χ0) is 16.9. The van der Waals surface area contributed by atoms with Gasteiger partial charge in [0.2, 0.25) is 0 Å². The number of ether oxygens (including phenoxy) is 1. The molecule has 1 aliphatic heterocycles. The monoisotopic (exact) mass is 458 g/mol. The second-order valence-electron chi connectivity index (χ2n) is 6.12. The fourth-order valence-corrected chi connectivity index (χ4v) is 4.02. The number of amides is 1. The van der Waals surface area contributed by atoms with Crippen LogP contribution >= 0.6 is 31.9 Å². The maximum Gasteiger partial charge on any atom is 0.410 e. The fourth-order valence-electron chi connectivity index (χ4n) is 2.11. The molecule has 0 radical (unpaired) electrons. The highest BCUT2D eigenvalue weighted by molar-refractivity contribution is 9.28. The van der Waals surface area contributed by atoms with Crippen molar-refractivity contribution in [2.45, 2.75) is 45.8 Å². The summed E-state index contributed by atoms with van der Waals surface area (Å²) < 4.78 is 20.5. The topological polar surface area (TPSA) is 55.8 Å². The van der Waals surface area contributed by atoms with Gasteiger partial charge in [0, 0.05) is 24.5 Å². The van der Waals surface area contributed by atoms with Crippen LogP contribution in [0, 0.1) is 0 Å². The fraction of sp³-hybridized carbons (Fsp3) is 0.786. The van der Waals surface area contributed by atoms with Gasteiger partial charge in [0.15, 0.2) is 0 Å². The van der Waals surface area contributed by atoms with Gasteiger partial charge >= 0.3 is 6.09 Å². The van der Waals surface area contributed by atoms with E-state index in [1.807, 2.05) is 38.1 Å². The molecule has 1 amide bonds. The highest BCUT2D eigenvalue weighted by atomic mass is 79.9. The first kappa shape index (κ1) is 20.3. The van der Waals surface area contributed by atoms with E-state index in [-0.39, 0.29) is 12.1 Å². The van der Waals surface area contributed by atoms with Gasteiger partial charge in [-0.3, -0.25) is 0 Å². The molecule has 0 spiro atoms. The maximum atomic E-state index is 12.3. The Balaban J connectivity index is 2.79. The Hall–Kier alpha value is 0.240. The molecule has 0 aromatic rings. The van der Waals surface area contributed by atoms with Gasteiger partial charge in [0.05, 0.1) is 16.0 Å². The summed E-state index contributed by atoms with van der Waals surface area (Å²) in [4.78, 5) is 13.9. The summed E-state index contributed by atoms with van der Waals surface area (Å²) >= 11 is 5.67. The van der Waals surface area contributed by atoms with Crippen LogP contribution in [0.25, 0.3) is 0 Å². The van der Waals surface area contributed by atoms with Crippen molar-refractivity contribution in [3.05, 3.63) is 9.47 Å². The Kier molecular flexibility index (Phi) is 8.22. The number of hydrogen-bond acceptors (Lipinski definition) is 4. The van der Waals surface area contributed by atoms with Crippen molar-refractivity contribution in [1.29, 1.82) is 0 Å². The molecule has 1 rings (SSSR count). The summed E-state index contributed by atoms with van der Waals surface area (Å²) in [5.41, 5.74) is -0.513. The quantitative estimate of drug-likeness (QED) is 0.602. The van der Waals surface area contributed by atoms with E-state index in [0.717, 1.165) is 9.81 Å². The van der Waals surface area contributed by atoms with E-state index >= 15 is 0 Å². The Labute approximate surface area is 153 Å². The summed E-state index contributed by atoms with van der Waals surface area (Å²) in [6.45, 7) is 9.12. The SMILES string of the molecule is CCC[S+]([O-])N1CCN(C(=O)OC(C)(C)C)C[C@@H]1C=C(Br)Br. The largest absolute Gasteiger partial charge is 0.598 e. The van der Waals surface area contributed by atoms with Crippen LogP contribution in [0.15, 0.2) is 9.47 Å². The normalized spacial score (nSPS) is 21.4. The summed E-state index contributed by atoms with van der Waals surface area (Å²) in [6, 6.07) is -0.109.